The van der Waals surface area contributed by atoms with Gasteiger partial charge in [-0.2, -0.15) is 9.97 Å². The van der Waals surface area contributed by atoms with Crippen LogP contribution in [-0.2, 0) is 34.0 Å². The summed E-state index contributed by atoms with van der Waals surface area (Å²) in [6, 6.07) is 33.9. The van der Waals surface area contributed by atoms with E-state index in [1.165, 1.54) is 0 Å². The summed E-state index contributed by atoms with van der Waals surface area (Å²) < 4.78 is 19.2. The number of rotatable bonds is 14. The molecule has 0 fully saturated rings. The molecule has 0 saturated carbocycles. The Balaban J connectivity index is 1.45. The van der Waals surface area contributed by atoms with Gasteiger partial charge in [-0.05, 0) is 47.7 Å². The molecule has 1 heterocycles. The van der Waals surface area contributed by atoms with Crippen LogP contribution in [0.25, 0.3) is 10.9 Å². The maximum Gasteiger partial charge on any atom is 0.317 e. The molecule has 0 aliphatic heterocycles. The summed E-state index contributed by atoms with van der Waals surface area (Å²) in [5, 5.41) is 32.4. The number of ether oxygens (including phenoxy) is 3. The summed E-state index contributed by atoms with van der Waals surface area (Å²) in [5.41, 5.74) is 2.54. The first-order valence-corrected chi connectivity index (χ1v) is 14.2. The molecule has 8 heteroatoms. The predicted octanol–water partition coefficient (Wildman–Crippen LogP) is 6.24. The molecule has 5 rings (SSSR count). The predicted molar refractivity (Wildman–Crippen MR) is 163 cm³/mol. The third kappa shape index (κ3) is 7.74. The Morgan fingerprint density at radius 2 is 1.30 bits per heavy atom. The monoisotopic (exact) mass is 580 g/mol. The number of aliphatic hydroxyl groups excluding tert-OH is 1. The van der Waals surface area contributed by atoms with Crippen molar-refractivity contribution in [3.05, 3.63) is 131 Å². The Labute approximate surface area is 251 Å². The lowest BCUT2D eigenvalue weighted by Crippen LogP contribution is -2.49. The zero-order valence-electron chi connectivity index (χ0n) is 24.0. The van der Waals surface area contributed by atoms with Crippen molar-refractivity contribution < 1.29 is 29.5 Å². The Morgan fingerprint density at radius 1 is 0.721 bits per heavy atom. The van der Waals surface area contributed by atoms with Crippen LogP contribution < -0.4 is 0 Å². The van der Waals surface area contributed by atoms with Crippen LogP contribution in [-0.4, -0.2) is 43.6 Å². The van der Waals surface area contributed by atoms with Crippen molar-refractivity contribution in [1.29, 1.82) is 0 Å². The Kier molecular flexibility index (Phi) is 9.96. The molecule has 0 amide bonds. The summed E-state index contributed by atoms with van der Waals surface area (Å²) in [6.07, 6.45) is -1.32. The van der Waals surface area contributed by atoms with Gasteiger partial charge in [0.25, 0.3) is 0 Å². The molecule has 5 aromatic rings. The molecule has 0 saturated heterocycles. The van der Waals surface area contributed by atoms with E-state index >= 15 is 0 Å². The van der Waals surface area contributed by atoms with Gasteiger partial charge >= 0.3 is 6.01 Å². The SMILES string of the molecule is C[C@](OCc1ccccc1)(C(O)c1ccc2c(O)nc(O)nc2c1)[C@@H](CCOCc1ccccc1)OCc1ccccc1. The van der Waals surface area contributed by atoms with E-state index in [-0.39, 0.29) is 12.5 Å². The molecule has 3 atom stereocenters. The number of fused-ring (bicyclic) bond motifs is 1. The van der Waals surface area contributed by atoms with Crippen LogP contribution in [0.15, 0.2) is 109 Å². The molecule has 222 valence electrons. The molecule has 1 unspecified atom stereocenters. The van der Waals surface area contributed by atoms with Gasteiger partial charge in [-0.25, -0.2) is 0 Å². The normalized spacial score (nSPS) is 14.3. The highest BCUT2D eigenvalue weighted by atomic mass is 16.6. The zero-order chi connectivity index (χ0) is 30.1. The minimum absolute atomic E-state index is 0.238. The van der Waals surface area contributed by atoms with Crippen LogP contribution in [0.1, 0.15) is 41.7 Å². The summed E-state index contributed by atoms with van der Waals surface area (Å²) in [4.78, 5) is 7.66. The lowest BCUT2D eigenvalue weighted by molar-refractivity contribution is -0.203. The summed E-state index contributed by atoms with van der Waals surface area (Å²) in [5.74, 6) is -0.341. The van der Waals surface area contributed by atoms with Crippen molar-refractivity contribution in [3.63, 3.8) is 0 Å². The smallest absolute Gasteiger partial charge is 0.317 e. The van der Waals surface area contributed by atoms with Gasteiger partial charge in [0, 0.05) is 6.61 Å². The number of benzene rings is 4. The lowest BCUT2D eigenvalue weighted by Gasteiger charge is -2.41. The van der Waals surface area contributed by atoms with Crippen LogP contribution in [0.2, 0.25) is 0 Å². The quantitative estimate of drug-likeness (QED) is 0.132. The van der Waals surface area contributed by atoms with Crippen molar-refractivity contribution in [2.75, 3.05) is 6.61 Å². The van der Waals surface area contributed by atoms with Gasteiger partial charge in [0.2, 0.25) is 5.88 Å². The number of aromatic hydroxyl groups is 2. The van der Waals surface area contributed by atoms with E-state index in [9.17, 15) is 15.3 Å². The first-order chi connectivity index (χ1) is 20.9. The summed E-state index contributed by atoms with van der Waals surface area (Å²) >= 11 is 0. The largest absolute Gasteiger partial charge is 0.493 e. The molecule has 43 heavy (non-hydrogen) atoms. The van der Waals surface area contributed by atoms with E-state index < -0.39 is 23.8 Å². The second-order valence-electron chi connectivity index (χ2n) is 10.6. The number of aromatic nitrogens is 2. The first-order valence-electron chi connectivity index (χ1n) is 14.2. The van der Waals surface area contributed by atoms with E-state index in [4.69, 9.17) is 14.2 Å². The van der Waals surface area contributed by atoms with Crippen LogP contribution in [0, 0.1) is 0 Å². The topological polar surface area (TPSA) is 114 Å². The minimum atomic E-state index is -1.24. The van der Waals surface area contributed by atoms with Crippen molar-refractivity contribution in [3.8, 4) is 11.9 Å². The molecular weight excluding hydrogens is 544 g/mol. The Morgan fingerprint density at radius 3 is 1.93 bits per heavy atom. The third-order valence-electron chi connectivity index (χ3n) is 7.51. The Bertz CT molecular complexity index is 1590. The second kappa shape index (κ2) is 14.2. The van der Waals surface area contributed by atoms with E-state index in [0.29, 0.717) is 42.7 Å². The zero-order valence-corrected chi connectivity index (χ0v) is 24.0. The fourth-order valence-electron chi connectivity index (χ4n) is 5.04. The fraction of sp³-hybridized carbons (Fsp3) is 0.257. The van der Waals surface area contributed by atoms with E-state index in [0.717, 1.165) is 16.7 Å². The van der Waals surface area contributed by atoms with Gasteiger partial charge in [0.1, 0.15) is 11.7 Å². The molecule has 0 aliphatic rings. The van der Waals surface area contributed by atoms with Gasteiger partial charge in [-0.1, -0.05) is 97.1 Å². The van der Waals surface area contributed by atoms with Gasteiger partial charge in [-0.15, -0.1) is 0 Å². The lowest BCUT2D eigenvalue weighted by atomic mass is 9.85. The van der Waals surface area contributed by atoms with Crippen LogP contribution in [0.4, 0.5) is 0 Å². The van der Waals surface area contributed by atoms with Crippen molar-refractivity contribution in [2.24, 2.45) is 0 Å². The van der Waals surface area contributed by atoms with E-state index in [1.807, 2.05) is 97.9 Å². The highest BCUT2D eigenvalue weighted by Gasteiger charge is 2.44. The van der Waals surface area contributed by atoms with E-state index in [1.54, 1.807) is 18.2 Å². The maximum atomic E-state index is 12.0. The third-order valence-corrected chi connectivity index (χ3v) is 7.51. The van der Waals surface area contributed by atoms with Crippen LogP contribution >= 0.6 is 0 Å². The molecule has 0 aliphatic carbocycles. The molecule has 8 nitrogen and oxygen atoms in total. The summed E-state index contributed by atoms with van der Waals surface area (Å²) in [7, 11) is 0. The molecule has 1 aromatic heterocycles. The number of aliphatic hydroxyl groups is 1. The summed E-state index contributed by atoms with van der Waals surface area (Å²) in [6.45, 7) is 3.22. The second-order valence-corrected chi connectivity index (χ2v) is 10.6. The average Bonchev–Trinajstić information content (AvgIpc) is 3.04. The highest BCUT2D eigenvalue weighted by molar-refractivity contribution is 5.84. The standard InChI is InChI=1S/C35H36N2O6/c1-35(43-24-27-15-9-4-10-16-27,32(38)28-17-18-29-30(21-28)36-34(40)37-33(29)39)31(42-23-26-13-7-3-8-14-26)19-20-41-22-25-11-5-2-6-12-25/h2-18,21,31-32,38H,19-20,22-24H2,1H3,(H2,36,37,39,40)/t31-,32?,35-/m1/s1. The molecule has 0 bridgehead atoms. The molecule has 0 spiro atoms. The number of nitrogens with zero attached hydrogens (tertiary/aromatic N) is 2. The van der Waals surface area contributed by atoms with Gasteiger partial charge < -0.3 is 29.5 Å². The molecular formula is C35H36N2O6. The highest BCUT2D eigenvalue weighted by Crippen LogP contribution is 2.38. The van der Waals surface area contributed by atoms with Gasteiger partial charge in [0.15, 0.2) is 0 Å². The van der Waals surface area contributed by atoms with Crippen LogP contribution in [0.3, 0.4) is 0 Å². The molecule has 0 radical (unpaired) electrons. The van der Waals surface area contributed by atoms with Gasteiger partial charge in [0.05, 0.1) is 36.8 Å². The van der Waals surface area contributed by atoms with Crippen molar-refractivity contribution in [1.82, 2.24) is 9.97 Å². The Hall–Kier alpha value is -4.34. The first kappa shape index (κ1) is 30.1. The van der Waals surface area contributed by atoms with Gasteiger partial charge in [-0.3, -0.25) is 0 Å². The fourth-order valence-corrected chi connectivity index (χ4v) is 5.04. The maximum absolute atomic E-state index is 12.0. The number of hydrogen-bond acceptors (Lipinski definition) is 8. The minimum Gasteiger partial charge on any atom is -0.493 e. The average molecular weight is 581 g/mol. The molecule has 4 aromatic carbocycles. The number of hydrogen-bond donors (Lipinski definition) is 3. The van der Waals surface area contributed by atoms with Crippen LogP contribution in [0.5, 0.6) is 11.9 Å². The molecule has 3 N–H and O–H groups in total. The van der Waals surface area contributed by atoms with Crippen molar-refractivity contribution >= 4 is 10.9 Å². The van der Waals surface area contributed by atoms with Crippen molar-refractivity contribution in [2.45, 2.75) is 51.0 Å². The van der Waals surface area contributed by atoms with E-state index in [2.05, 4.69) is 9.97 Å².